The fourth-order valence-electron chi connectivity index (χ4n) is 3.13. The van der Waals surface area contributed by atoms with Crippen LogP contribution in [0.1, 0.15) is 11.1 Å². The Morgan fingerprint density at radius 1 is 0.967 bits per heavy atom. The van der Waals surface area contributed by atoms with E-state index < -0.39 is 0 Å². The zero-order valence-electron chi connectivity index (χ0n) is 16.2. The Morgan fingerprint density at radius 3 is 2.53 bits per heavy atom. The lowest BCUT2D eigenvalue weighted by Crippen LogP contribution is -3.00. The lowest BCUT2D eigenvalue weighted by molar-refractivity contribution is -0.00000712. The van der Waals surface area contributed by atoms with Crippen molar-refractivity contribution in [1.29, 1.82) is 0 Å². The van der Waals surface area contributed by atoms with Gasteiger partial charge < -0.3 is 37.2 Å². The molecule has 0 radical (unpaired) electrons. The summed E-state index contributed by atoms with van der Waals surface area (Å²) in [5.41, 5.74) is 3.41. The minimum absolute atomic E-state index is 0. The van der Waals surface area contributed by atoms with Crippen LogP contribution >= 0.6 is 0 Å². The highest BCUT2D eigenvalue weighted by atomic mass is 35.5. The van der Waals surface area contributed by atoms with Crippen molar-refractivity contribution in [3.05, 3.63) is 88.1 Å². The van der Waals surface area contributed by atoms with E-state index in [-0.39, 0.29) is 30.5 Å². The van der Waals surface area contributed by atoms with Crippen LogP contribution in [0.3, 0.4) is 0 Å². The third-order valence-corrected chi connectivity index (χ3v) is 4.61. The van der Waals surface area contributed by atoms with Crippen molar-refractivity contribution >= 4 is 16.7 Å². The van der Waals surface area contributed by atoms with Crippen molar-refractivity contribution in [2.75, 3.05) is 12.4 Å². The number of benzene rings is 3. The number of aromatic nitrogens is 2. The number of methoxy groups -OCH3 is 1. The van der Waals surface area contributed by atoms with Gasteiger partial charge in [0.1, 0.15) is 12.4 Å². The van der Waals surface area contributed by atoms with Crippen molar-refractivity contribution in [2.45, 2.75) is 13.2 Å². The number of para-hydroxylation sites is 1. The first-order valence-electron chi connectivity index (χ1n) is 9.12. The van der Waals surface area contributed by atoms with Gasteiger partial charge in [0.15, 0.2) is 11.5 Å². The van der Waals surface area contributed by atoms with Gasteiger partial charge in [-0.3, -0.25) is 0 Å². The average molecular weight is 429 g/mol. The summed E-state index contributed by atoms with van der Waals surface area (Å²) in [4.78, 5) is 16.9. The van der Waals surface area contributed by atoms with Gasteiger partial charge in [-0.25, -0.2) is 9.18 Å². The summed E-state index contributed by atoms with van der Waals surface area (Å²) in [5, 5.41) is 3.32. The molecule has 0 atom stereocenters. The van der Waals surface area contributed by atoms with E-state index in [4.69, 9.17) is 9.47 Å². The summed E-state index contributed by atoms with van der Waals surface area (Å²) >= 11 is 0. The predicted octanol–water partition coefficient (Wildman–Crippen LogP) is 1.20. The Hall–Kier alpha value is -3.45. The lowest BCUT2D eigenvalue weighted by atomic mass is 10.1. The third kappa shape index (κ3) is 4.58. The number of ether oxygens (including phenoxy) is 2. The molecular formula is C22H20ClFN3O3-. The van der Waals surface area contributed by atoms with E-state index in [1.807, 2.05) is 30.3 Å². The fourth-order valence-corrected chi connectivity index (χ4v) is 3.13. The molecule has 0 fully saturated rings. The second-order valence-electron chi connectivity index (χ2n) is 6.52. The van der Waals surface area contributed by atoms with Crippen LogP contribution in [0, 0.1) is 5.82 Å². The van der Waals surface area contributed by atoms with E-state index in [9.17, 15) is 9.18 Å². The van der Waals surface area contributed by atoms with Crippen LogP contribution < -0.4 is 32.9 Å². The number of hydrogen-bond donors (Lipinski definition) is 3. The number of halogens is 2. The molecule has 6 nitrogen and oxygen atoms in total. The maximum atomic E-state index is 13.9. The van der Waals surface area contributed by atoms with E-state index in [1.165, 1.54) is 6.07 Å². The number of imidazole rings is 1. The third-order valence-electron chi connectivity index (χ3n) is 4.61. The maximum Gasteiger partial charge on any atom is 0.323 e. The number of nitrogens with one attached hydrogen (secondary N) is 3. The molecule has 0 saturated heterocycles. The van der Waals surface area contributed by atoms with Crippen LogP contribution in [0.15, 0.2) is 65.5 Å². The molecule has 30 heavy (non-hydrogen) atoms. The first-order chi connectivity index (χ1) is 14.1. The highest BCUT2D eigenvalue weighted by molar-refractivity contribution is 5.78. The number of fused-ring (bicyclic) bond motifs is 1. The van der Waals surface area contributed by atoms with Crippen molar-refractivity contribution in [1.82, 2.24) is 9.97 Å². The van der Waals surface area contributed by atoms with Gasteiger partial charge in [0.2, 0.25) is 0 Å². The Balaban J connectivity index is 0.00000256. The summed E-state index contributed by atoms with van der Waals surface area (Å²) in [5.74, 6) is 0.823. The standard InChI is InChI=1S/C22H20FN3O3.ClH/c1-28-20-8-4-6-14(21(20)29-13-15-5-2-3-7-17(15)23)12-24-16-9-10-18-19(11-16)26-22(27)25-18;/h2-11,24H,12-13H2,1H3,(H2,25,26,27);1H/p-1. The van der Waals surface area contributed by atoms with Gasteiger partial charge in [-0.05, 0) is 30.3 Å². The molecule has 0 bridgehead atoms. The molecule has 0 amide bonds. The van der Waals surface area contributed by atoms with Gasteiger partial charge in [-0.1, -0.05) is 30.3 Å². The second kappa shape index (κ2) is 9.37. The zero-order chi connectivity index (χ0) is 20.2. The van der Waals surface area contributed by atoms with Gasteiger partial charge >= 0.3 is 5.69 Å². The SMILES string of the molecule is COc1cccc(CNc2ccc3[nH]c(=O)[nH]c3c2)c1OCc1ccccc1F.[Cl-]. The highest BCUT2D eigenvalue weighted by Crippen LogP contribution is 2.32. The van der Waals surface area contributed by atoms with E-state index in [0.29, 0.717) is 23.6 Å². The second-order valence-corrected chi connectivity index (χ2v) is 6.52. The monoisotopic (exact) mass is 428 g/mol. The maximum absolute atomic E-state index is 13.9. The van der Waals surface area contributed by atoms with Crippen LogP contribution in [0.25, 0.3) is 11.0 Å². The summed E-state index contributed by atoms with van der Waals surface area (Å²) in [7, 11) is 1.57. The molecule has 0 aliphatic carbocycles. The van der Waals surface area contributed by atoms with Crippen molar-refractivity contribution in [2.24, 2.45) is 0 Å². The Morgan fingerprint density at radius 2 is 1.73 bits per heavy atom. The molecular weight excluding hydrogens is 409 g/mol. The predicted molar refractivity (Wildman–Crippen MR) is 110 cm³/mol. The summed E-state index contributed by atoms with van der Waals surface area (Å²) < 4.78 is 25.3. The first-order valence-corrected chi connectivity index (χ1v) is 9.12. The number of rotatable bonds is 7. The fraction of sp³-hybridized carbons (Fsp3) is 0.136. The van der Waals surface area contributed by atoms with Gasteiger partial charge in [-0.2, -0.15) is 0 Å². The van der Waals surface area contributed by atoms with Crippen LogP contribution in [0.5, 0.6) is 11.5 Å². The average Bonchev–Trinajstić information content (AvgIpc) is 3.11. The molecule has 0 unspecified atom stereocenters. The molecule has 1 heterocycles. The lowest BCUT2D eigenvalue weighted by Gasteiger charge is -2.16. The molecule has 3 aromatic carbocycles. The van der Waals surface area contributed by atoms with Crippen LogP contribution in [0.4, 0.5) is 10.1 Å². The van der Waals surface area contributed by atoms with Gasteiger partial charge in [-0.15, -0.1) is 0 Å². The molecule has 0 aliphatic heterocycles. The quantitative estimate of drug-likeness (QED) is 0.413. The van der Waals surface area contributed by atoms with E-state index in [0.717, 1.165) is 22.3 Å². The molecule has 156 valence electrons. The van der Waals surface area contributed by atoms with Crippen LogP contribution in [-0.4, -0.2) is 17.1 Å². The summed E-state index contributed by atoms with van der Waals surface area (Å²) in [6.45, 7) is 0.556. The normalized spacial score (nSPS) is 10.5. The summed E-state index contributed by atoms with van der Waals surface area (Å²) in [6, 6.07) is 17.7. The Bertz CT molecular complexity index is 1210. The smallest absolute Gasteiger partial charge is 0.323 e. The summed E-state index contributed by atoms with van der Waals surface area (Å²) in [6.07, 6.45) is 0. The Kier molecular flexibility index (Phi) is 6.64. The van der Waals surface area contributed by atoms with Crippen LogP contribution in [-0.2, 0) is 13.2 Å². The molecule has 0 spiro atoms. The molecule has 4 aromatic rings. The van der Waals surface area contributed by atoms with Crippen molar-refractivity contribution < 1.29 is 26.3 Å². The van der Waals surface area contributed by atoms with E-state index in [1.54, 1.807) is 31.4 Å². The largest absolute Gasteiger partial charge is 1.00 e. The molecule has 0 aliphatic rings. The van der Waals surface area contributed by atoms with Crippen molar-refractivity contribution in [3.8, 4) is 11.5 Å². The number of hydrogen-bond acceptors (Lipinski definition) is 4. The number of aromatic amines is 2. The van der Waals surface area contributed by atoms with Crippen molar-refractivity contribution in [3.63, 3.8) is 0 Å². The zero-order valence-corrected chi connectivity index (χ0v) is 16.9. The highest BCUT2D eigenvalue weighted by Gasteiger charge is 2.12. The van der Waals surface area contributed by atoms with Gasteiger partial charge in [0, 0.05) is 23.4 Å². The molecule has 1 aromatic heterocycles. The number of H-pyrrole nitrogens is 2. The molecule has 8 heteroatoms. The van der Waals surface area contributed by atoms with E-state index >= 15 is 0 Å². The first kappa shape index (κ1) is 21.3. The van der Waals surface area contributed by atoms with Gasteiger partial charge in [0.05, 0.1) is 18.1 Å². The Labute approximate surface area is 178 Å². The topological polar surface area (TPSA) is 79.1 Å². The molecule has 4 rings (SSSR count). The minimum atomic E-state index is -0.309. The van der Waals surface area contributed by atoms with Crippen LogP contribution in [0.2, 0.25) is 0 Å². The molecule has 3 N–H and O–H groups in total. The molecule has 0 saturated carbocycles. The van der Waals surface area contributed by atoms with E-state index in [2.05, 4.69) is 15.3 Å². The minimum Gasteiger partial charge on any atom is -1.00 e. The number of anilines is 1. The van der Waals surface area contributed by atoms with Gasteiger partial charge in [0.25, 0.3) is 0 Å².